The summed E-state index contributed by atoms with van der Waals surface area (Å²) in [6, 6.07) is 0. The van der Waals surface area contributed by atoms with E-state index in [4.69, 9.17) is 5.73 Å². The van der Waals surface area contributed by atoms with Crippen LogP contribution in [0.1, 0.15) is 21.8 Å². The fourth-order valence-corrected chi connectivity index (χ4v) is 2.89. The molecule has 0 bridgehead atoms. The molecule has 0 saturated carbocycles. The van der Waals surface area contributed by atoms with Crippen molar-refractivity contribution in [1.82, 2.24) is 15.2 Å². The lowest BCUT2D eigenvalue weighted by Gasteiger charge is -2.11. The Kier molecular flexibility index (Phi) is 3.63. The van der Waals surface area contributed by atoms with Gasteiger partial charge in [0.15, 0.2) is 5.13 Å². The van der Waals surface area contributed by atoms with Crippen LogP contribution < -0.4 is 11.1 Å². The summed E-state index contributed by atoms with van der Waals surface area (Å²) in [6.45, 7) is 4.72. The highest BCUT2D eigenvalue weighted by atomic mass is 32.1. The summed E-state index contributed by atoms with van der Waals surface area (Å²) in [5.74, 6) is 0.515. The second-order valence-corrected chi connectivity index (χ2v) is 5.62. The fourth-order valence-electron chi connectivity index (χ4n) is 2.14. The number of nitrogen functional groups attached to an aromatic ring is 1. The Morgan fingerprint density at radius 1 is 1.71 bits per heavy atom. The minimum Gasteiger partial charge on any atom is -0.375 e. The summed E-state index contributed by atoms with van der Waals surface area (Å²) in [5, 5.41) is 3.42. The van der Waals surface area contributed by atoms with Gasteiger partial charge in [-0.1, -0.05) is 11.3 Å². The number of nitrogens with zero attached hydrogens (tertiary/aromatic N) is 2. The van der Waals surface area contributed by atoms with Crippen molar-refractivity contribution < 1.29 is 4.79 Å². The van der Waals surface area contributed by atoms with Crippen molar-refractivity contribution in [2.24, 2.45) is 5.92 Å². The van der Waals surface area contributed by atoms with E-state index in [1.807, 2.05) is 6.92 Å². The molecule has 5 nitrogen and oxygen atoms in total. The first kappa shape index (κ1) is 12.3. The summed E-state index contributed by atoms with van der Waals surface area (Å²) in [4.78, 5) is 18.9. The van der Waals surface area contributed by atoms with Crippen molar-refractivity contribution >= 4 is 22.4 Å². The van der Waals surface area contributed by atoms with Crippen molar-refractivity contribution in [3.05, 3.63) is 10.6 Å². The van der Waals surface area contributed by atoms with Crippen molar-refractivity contribution in [3.8, 4) is 0 Å². The lowest BCUT2D eigenvalue weighted by Crippen LogP contribution is -2.30. The molecule has 0 aromatic carbocycles. The molecule has 17 heavy (non-hydrogen) atoms. The van der Waals surface area contributed by atoms with Gasteiger partial charge in [0.25, 0.3) is 5.91 Å². The Bertz CT molecular complexity index is 418. The second-order valence-electron chi connectivity index (χ2n) is 4.59. The molecule has 1 aliphatic rings. The van der Waals surface area contributed by atoms with Gasteiger partial charge in [-0.3, -0.25) is 4.79 Å². The lowest BCUT2D eigenvalue weighted by atomic mass is 10.1. The first-order chi connectivity index (χ1) is 8.06. The van der Waals surface area contributed by atoms with E-state index >= 15 is 0 Å². The number of carbonyl (C=O) groups is 1. The number of carbonyl (C=O) groups excluding carboxylic acids is 1. The Morgan fingerprint density at radius 3 is 3.00 bits per heavy atom. The summed E-state index contributed by atoms with van der Waals surface area (Å²) in [7, 11) is 2.11. The van der Waals surface area contributed by atoms with Gasteiger partial charge in [-0.2, -0.15) is 0 Å². The van der Waals surface area contributed by atoms with Crippen molar-refractivity contribution in [2.75, 3.05) is 32.4 Å². The monoisotopic (exact) mass is 254 g/mol. The molecule has 1 amide bonds. The maximum absolute atomic E-state index is 11.9. The molecular formula is C11H18N4OS. The predicted octanol–water partition coefficient (Wildman–Crippen LogP) is 0.715. The van der Waals surface area contributed by atoms with Crippen molar-refractivity contribution in [3.63, 3.8) is 0 Å². The number of amides is 1. The number of hydrogen-bond donors (Lipinski definition) is 2. The minimum absolute atomic E-state index is 0.0498. The molecule has 1 fully saturated rings. The standard InChI is InChI=1S/C11H18N4OS/c1-7-9(17-11(12)14-7)10(16)13-5-8-3-4-15(2)6-8/h8H,3-6H2,1-2H3,(H2,12,14)(H,13,16). The normalized spacial score (nSPS) is 20.7. The number of nitrogens with one attached hydrogen (secondary N) is 1. The number of thiazole rings is 1. The molecule has 3 N–H and O–H groups in total. The molecule has 6 heteroatoms. The number of anilines is 1. The summed E-state index contributed by atoms with van der Waals surface area (Å²) < 4.78 is 0. The molecule has 1 aromatic heterocycles. The van der Waals surface area contributed by atoms with Gasteiger partial charge in [0, 0.05) is 13.1 Å². The van der Waals surface area contributed by atoms with Crippen LogP contribution in [0.25, 0.3) is 0 Å². The van der Waals surface area contributed by atoms with E-state index in [0.717, 1.165) is 26.1 Å². The van der Waals surface area contributed by atoms with Gasteiger partial charge in [0.05, 0.1) is 5.69 Å². The van der Waals surface area contributed by atoms with E-state index in [0.29, 0.717) is 21.6 Å². The van der Waals surface area contributed by atoms with Gasteiger partial charge in [0.2, 0.25) is 0 Å². The first-order valence-corrected chi connectivity index (χ1v) is 6.57. The van der Waals surface area contributed by atoms with E-state index in [2.05, 4.69) is 22.2 Å². The molecule has 2 rings (SSSR count). The van der Waals surface area contributed by atoms with Crippen LogP contribution in [-0.2, 0) is 0 Å². The SMILES string of the molecule is Cc1nc(N)sc1C(=O)NCC1CCN(C)C1. The highest BCUT2D eigenvalue weighted by Crippen LogP contribution is 2.19. The zero-order valence-electron chi connectivity index (χ0n) is 10.2. The highest BCUT2D eigenvalue weighted by molar-refractivity contribution is 7.17. The van der Waals surface area contributed by atoms with Crippen molar-refractivity contribution in [1.29, 1.82) is 0 Å². The smallest absolute Gasteiger partial charge is 0.263 e. The first-order valence-electron chi connectivity index (χ1n) is 5.76. The third-order valence-corrected chi connectivity index (χ3v) is 4.04. The minimum atomic E-state index is -0.0498. The van der Waals surface area contributed by atoms with Gasteiger partial charge in [-0.25, -0.2) is 4.98 Å². The molecule has 1 saturated heterocycles. The number of likely N-dealkylation sites (tertiary alicyclic amines) is 1. The maximum Gasteiger partial charge on any atom is 0.263 e. The van der Waals surface area contributed by atoms with Crippen LogP contribution in [0.15, 0.2) is 0 Å². The quantitative estimate of drug-likeness (QED) is 0.833. The van der Waals surface area contributed by atoms with Gasteiger partial charge in [-0.15, -0.1) is 0 Å². The van der Waals surface area contributed by atoms with E-state index in [1.54, 1.807) is 0 Å². The molecule has 0 radical (unpaired) electrons. The third kappa shape index (κ3) is 2.95. The molecule has 0 spiro atoms. The largest absolute Gasteiger partial charge is 0.375 e. The van der Waals surface area contributed by atoms with Crippen LogP contribution in [-0.4, -0.2) is 42.5 Å². The summed E-state index contributed by atoms with van der Waals surface area (Å²) in [5.41, 5.74) is 6.29. The number of rotatable bonds is 3. The molecule has 94 valence electrons. The third-order valence-electron chi connectivity index (χ3n) is 3.06. The Labute approximate surface area is 105 Å². The number of hydrogen-bond acceptors (Lipinski definition) is 5. The van der Waals surface area contributed by atoms with Gasteiger partial charge < -0.3 is 16.0 Å². The van der Waals surface area contributed by atoms with Gasteiger partial charge >= 0.3 is 0 Å². The van der Waals surface area contributed by atoms with Crippen LogP contribution in [0, 0.1) is 12.8 Å². The molecule has 0 aliphatic carbocycles. The molecule has 1 aromatic rings. The molecule has 1 unspecified atom stereocenters. The highest BCUT2D eigenvalue weighted by Gasteiger charge is 2.21. The maximum atomic E-state index is 11.9. The summed E-state index contributed by atoms with van der Waals surface area (Å²) >= 11 is 1.25. The zero-order valence-corrected chi connectivity index (χ0v) is 11.0. The number of nitrogens with two attached hydrogens (primary N) is 1. The van der Waals surface area contributed by atoms with E-state index < -0.39 is 0 Å². The van der Waals surface area contributed by atoms with Gasteiger partial charge in [0.1, 0.15) is 4.88 Å². The average molecular weight is 254 g/mol. The number of aryl methyl sites for hydroxylation is 1. The second kappa shape index (κ2) is 5.01. The van der Waals surface area contributed by atoms with E-state index in [1.165, 1.54) is 11.3 Å². The Morgan fingerprint density at radius 2 is 2.47 bits per heavy atom. The average Bonchev–Trinajstić information content (AvgIpc) is 2.81. The fraction of sp³-hybridized carbons (Fsp3) is 0.636. The lowest BCUT2D eigenvalue weighted by molar-refractivity contribution is 0.0951. The Hall–Kier alpha value is -1.14. The van der Waals surface area contributed by atoms with E-state index in [-0.39, 0.29) is 5.91 Å². The molecule has 2 heterocycles. The topological polar surface area (TPSA) is 71.2 Å². The van der Waals surface area contributed by atoms with Crippen LogP contribution in [0.2, 0.25) is 0 Å². The molecular weight excluding hydrogens is 236 g/mol. The Balaban J connectivity index is 1.87. The van der Waals surface area contributed by atoms with Crippen LogP contribution in [0.4, 0.5) is 5.13 Å². The number of aromatic nitrogens is 1. The van der Waals surface area contributed by atoms with Crippen LogP contribution in [0.5, 0.6) is 0 Å². The van der Waals surface area contributed by atoms with Gasteiger partial charge in [-0.05, 0) is 32.9 Å². The molecule has 1 atom stereocenters. The predicted molar refractivity (Wildman–Crippen MR) is 69.2 cm³/mol. The molecule has 1 aliphatic heterocycles. The van der Waals surface area contributed by atoms with E-state index in [9.17, 15) is 4.79 Å². The zero-order chi connectivity index (χ0) is 12.4. The van der Waals surface area contributed by atoms with Crippen LogP contribution >= 0.6 is 11.3 Å². The summed E-state index contributed by atoms with van der Waals surface area (Å²) in [6.07, 6.45) is 1.15. The van der Waals surface area contributed by atoms with Crippen molar-refractivity contribution in [2.45, 2.75) is 13.3 Å². The van der Waals surface area contributed by atoms with Crippen LogP contribution in [0.3, 0.4) is 0 Å².